The van der Waals surface area contributed by atoms with Gasteiger partial charge in [-0.25, -0.2) is 0 Å². The molecule has 0 spiro atoms. The van der Waals surface area contributed by atoms with Gasteiger partial charge in [0.25, 0.3) is 0 Å². The fraction of sp³-hybridized carbons (Fsp3) is 1.00. The molecular formula is C11H21N. The molecule has 3 atom stereocenters. The number of rotatable bonds is 1. The summed E-state index contributed by atoms with van der Waals surface area (Å²) in [7, 11) is 0. The summed E-state index contributed by atoms with van der Waals surface area (Å²) < 4.78 is 0. The first-order valence-electron chi connectivity index (χ1n) is 5.52. The van der Waals surface area contributed by atoms with Crippen LogP contribution >= 0.6 is 0 Å². The SMILES string of the molecule is CC(C)C1CNC2CCCCC21. The van der Waals surface area contributed by atoms with Gasteiger partial charge in [-0.1, -0.05) is 26.7 Å². The van der Waals surface area contributed by atoms with Crippen LogP contribution in [-0.4, -0.2) is 12.6 Å². The van der Waals surface area contributed by atoms with E-state index in [4.69, 9.17) is 0 Å². The van der Waals surface area contributed by atoms with Crippen molar-refractivity contribution in [2.24, 2.45) is 17.8 Å². The Hall–Kier alpha value is -0.0400. The second-order valence-electron chi connectivity index (χ2n) is 4.87. The summed E-state index contributed by atoms with van der Waals surface area (Å²) in [5.41, 5.74) is 0. The van der Waals surface area contributed by atoms with Gasteiger partial charge in [-0.15, -0.1) is 0 Å². The molecule has 0 aromatic carbocycles. The van der Waals surface area contributed by atoms with Crippen LogP contribution in [0.4, 0.5) is 0 Å². The predicted octanol–water partition coefficient (Wildman–Crippen LogP) is 2.42. The van der Waals surface area contributed by atoms with Gasteiger partial charge in [-0.3, -0.25) is 0 Å². The summed E-state index contributed by atoms with van der Waals surface area (Å²) in [6.07, 6.45) is 5.86. The Balaban J connectivity index is 2.01. The largest absolute Gasteiger partial charge is 0.313 e. The Morgan fingerprint density at radius 3 is 2.67 bits per heavy atom. The highest BCUT2D eigenvalue weighted by atomic mass is 15.0. The smallest absolute Gasteiger partial charge is 0.00986 e. The maximum atomic E-state index is 3.69. The Morgan fingerprint density at radius 1 is 1.17 bits per heavy atom. The van der Waals surface area contributed by atoms with Crippen LogP contribution in [0.25, 0.3) is 0 Å². The van der Waals surface area contributed by atoms with Crippen LogP contribution in [0, 0.1) is 17.8 Å². The third-order valence-electron chi connectivity index (χ3n) is 3.84. The summed E-state index contributed by atoms with van der Waals surface area (Å²) in [6, 6.07) is 0.881. The van der Waals surface area contributed by atoms with Gasteiger partial charge in [0, 0.05) is 6.04 Å². The molecule has 2 fully saturated rings. The van der Waals surface area contributed by atoms with E-state index >= 15 is 0 Å². The van der Waals surface area contributed by atoms with E-state index in [-0.39, 0.29) is 0 Å². The minimum absolute atomic E-state index is 0.880. The standard InChI is InChI=1S/C11H21N/c1-8(2)10-7-12-11-6-4-3-5-9(10)11/h8-12H,3-7H2,1-2H3. The van der Waals surface area contributed by atoms with E-state index in [1.165, 1.54) is 32.2 Å². The molecule has 1 heterocycles. The Kier molecular flexibility index (Phi) is 2.40. The molecule has 12 heavy (non-hydrogen) atoms. The van der Waals surface area contributed by atoms with Crippen molar-refractivity contribution in [1.82, 2.24) is 5.32 Å². The number of hydrogen-bond donors (Lipinski definition) is 1. The summed E-state index contributed by atoms with van der Waals surface area (Å²) in [5.74, 6) is 2.86. The Labute approximate surface area is 75.9 Å². The van der Waals surface area contributed by atoms with E-state index in [9.17, 15) is 0 Å². The molecule has 1 nitrogen and oxygen atoms in total. The molecule has 0 aromatic heterocycles. The molecule has 1 saturated carbocycles. The van der Waals surface area contributed by atoms with Gasteiger partial charge >= 0.3 is 0 Å². The molecule has 1 heteroatoms. The topological polar surface area (TPSA) is 12.0 Å². The fourth-order valence-electron chi connectivity index (χ4n) is 3.09. The van der Waals surface area contributed by atoms with E-state index in [1.54, 1.807) is 0 Å². The molecule has 2 aliphatic rings. The van der Waals surface area contributed by atoms with Crippen LogP contribution in [0.3, 0.4) is 0 Å². The van der Waals surface area contributed by atoms with E-state index in [0.29, 0.717) is 0 Å². The minimum Gasteiger partial charge on any atom is -0.313 e. The lowest BCUT2D eigenvalue weighted by Crippen LogP contribution is -2.30. The zero-order valence-corrected chi connectivity index (χ0v) is 8.34. The summed E-state index contributed by atoms with van der Waals surface area (Å²) in [4.78, 5) is 0. The highest BCUT2D eigenvalue weighted by Crippen LogP contribution is 2.37. The van der Waals surface area contributed by atoms with Crippen LogP contribution in [0.5, 0.6) is 0 Å². The Bertz CT molecular complexity index is 153. The lowest BCUT2D eigenvalue weighted by molar-refractivity contribution is 0.233. The first kappa shape index (κ1) is 8.55. The lowest BCUT2D eigenvalue weighted by Gasteiger charge is -2.30. The highest BCUT2D eigenvalue weighted by molar-refractivity contribution is 4.93. The second-order valence-corrected chi connectivity index (χ2v) is 4.87. The Morgan fingerprint density at radius 2 is 1.92 bits per heavy atom. The van der Waals surface area contributed by atoms with Gasteiger partial charge in [0.1, 0.15) is 0 Å². The maximum Gasteiger partial charge on any atom is 0.00986 e. The zero-order valence-electron chi connectivity index (χ0n) is 8.34. The van der Waals surface area contributed by atoms with E-state index < -0.39 is 0 Å². The average molecular weight is 167 g/mol. The molecule has 1 aliphatic carbocycles. The van der Waals surface area contributed by atoms with Crippen molar-refractivity contribution in [3.05, 3.63) is 0 Å². The van der Waals surface area contributed by atoms with E-state index in [1.807, 2.05) is 0 Å². The van der Waals surface area contributed by atoms with Crippen molar-refractivity contribution in [3.63, 3.8) is 0 Å². The average Bonchev–Trinajstić information content (AvgIpc) is 2.47. The van der Waals surface area contributed by atoms with Crippen LogP contribution in [0.1, 0.15) is 39.5 Å². The molecule has 1 saturated heterocycles. The fourth-order valence-corrected chi connectivity index (χ4v) is 3.09. The number of fused-ring (bicyclic) bond motifs is 1. The van der Waals surface area contributed by atoms with Gasteiger partial charge in [-0.05, 0) is 37.1 Å². The lowest BCUT2D eigenvalue weighted by atomic mass is 9.76. The molecule has 2 rings (SSSR count). The predicted molar refractivity (Wildman–Crippen MR) is 52.1 cm³/mol. The van der Waals surface area contributed by atoms with Crippen LogP contribution < -0.4 is 5.32 Å². The summed E-state index contributed by atoms with van der Waals surface area (Å²) >= 11 is 0. The van der Waals surface area contributed by atoms with E-state index in [2.05, 4.69) is 19.2 Å². The normalized spacial score (nSPS) is 41.8. The van der Waals surface area contributed by atoms with Gasteiger partial charge in [0.15, 0.2) is 0 Å². The summed E-state index contributed by atoms with van der Waals surface area (Å²) in [5, 5.41) is 3.69. The molecule has 0 bridgehead atoms. The molecule has 0 aromatic rings. The monoisotopic (exact) mass is 167 g/mol. The molecule has 1 aliphatic heterocycles. The molecule has 0 radical (unpaired) electrons. The van der Waals surface area contributed by atoms with Crippen molar-refractivity contribution in [2.75, 3.05) is 6.54 Å². The highest BCUT2D eigenvalue weighted by Gasteiger charge is 2.38. The van der Waals surface area contributed by atoms with Crippen LogP contribution in [0.15, 0.2) is 0 Å². The van der Waals surface area contributed by atoms with Gasteiger partial charge in [0.05, 0.1) is 0 Å². The van der Waals surface area contributed by atoms with Crippen molar-refractivity contribution in [1.29, 1.82) is 0 Å². The van der Waals surface area contributed by atoms with Gasteiger partial charge < -0.3 is 5.32 Å². The molecule has 70 valence electrons. The van der Waals surface area contributed by atoms with Crippen LogP contribution in [-0.2, 0) is 0 Å². The zero-order chi connectivity index (χ0) is 8.55. The van der Waals surface area contributed by atoms with Gasteiger partial charge in [-0.2, -0.15) is 0 Å². The molecule has 1 N–H and O–H groups in total. The first-order chi connectivity index (χ1) is 5.79. The molecule has 0 amide bonds. The van der Waals surface area contributed by atoms with Crippen LogP contribution in [0.2, 0.25) is 0 Å². The molecule has 3 unspecified atom stereocenters. The first-order valence-corrected chi connectivity index (χ1v) is 5.52. The third kappa shape index (κ3) is 1.39. The van der Waals surface area contributed by atoms with Gasteiger partial charge in [0.2, 0.25) is 0 Å². The van der Waals surface area contributed by atoms with Crippen molar-refractivity contribution in [2.45, 2.75) is 45.6 Å². The third-order valence-corrected chi connectivity index (χ3v) is 3.84. The van der Waals surface area contributed by atoms with Crippen molar-refractivity contribution >= 4 is 0 Å². The van der Waals surface area contributed by atoms with Crippen molar-refractivity contribution in [3.8, 4) is 0 Å². The quantitative estimate of drug-likeness (QED) is 0.632. The number of nitrogens with one attached hydrogen (secondary N) is 1. The molecular weight excluding hydrogens is 146 g/mol. The van der Waals surface area contributed by atoms with E-state index in [0.717, 1.165) is 23.8 Å². The summed E-state index contributed by atoms with van der Waals surface area (Å²) in [6.45, 7) is 6.04. The minimum atomic E-state index is 0.880. The van der Waals surface area contributed by atoms with Crippen molar-refractivity contribution < 1.29 is 0 Å². The number of hydrogen-bond acceptors (Lipinski definition) is 1. The second kappa shape index (κ2) is 3.37. The maximum absolute atomic E-state index is 3.69.